The highest BCUT2D eigenvalue weighted by molar-refractivity contribution is 9.10. The molecule has 21 heavy (non-hydrogen) atoms. The number of hydrogen-bond acceptors (Lipinski definition) is 2. The Morgan fingerprint density at radius 3 is 2.29 bits per heavy atom. The molecule has 0 amide bonds. The maximum atomic E-state index is 6.59. The van der Waals surface area contributed by atoms with Gasteiger partial charge in [0.15, 0.2) is 11.5 Å². The van der Waals surface area contributed by atoms with E-state index in [2.05, 4.69) is 44.0 Å². The molecule has 0 saturated carbocycles. The lowest BCUT2D eigenvalue weighted by molar-refractivity contribution is 0.171. The third kappa shape index (κ3) is 3.55. The lowest BCUT2D eigenvalue weighted by Gasteiger charge is -2.21. The minimum absolute atomic E-state index is 0.128. The average Bonchev–Trinajstić information content (AvgIpc) is 2.49. The number of fused-ring (bicyclic) bond motifs is 1. The van der Waals surface area contributed by atoms with E-state index in [0.717, 1.165) is 32.4 Å². The standard InChI is InChI=1S/C16H13Br2ClO2/c17-11-3-1-10(2-4-11)7-14(19)12-8-15-16(9-13(12)18)21-6-5-20-15/h1-4,8-9,14H,5-7H2. The number of benzene rings is 2. The van der Waals surface area contributed by atoms with Crippen LogP contribution >= 0.6 is 43.5 Å². The van der Waals surface area contributed by atoms with Gasteiger partial charge in [-0.05, 0) is 41.8 Å². The van der Waals surface area contributed by atoms with Crippen molar-refractivity contribution in [3.63, 3.8) is 0 Å². The van der Waals surface area contributed by atoms with E-state index in [0.29, 0.717) is 13.2 Å². The highest BCUT2D eigenvalue weighted by Gasteiger charge is 2.19. The minimum atomic E-state index is -0.128. The number of ether oxygens (including phenoxy) is 2. The molecule has 1 atom stereocenters. The molecule has 5 heteroatoms. The van der Waals surface area contributed by atoms with Crippen molar-refractivity contribution in [1.29, 1.82) is 0 Å². The van der Waals surface area contributed by atoms with Gasteiger partial charge in [-0.15, -0.1) is 11.6 Å². The summed E-state index contributed by atoms with van der Waals surface area (Å²) in [5.41, 5.74) is 2.21. The summed E-state index contributed by atoms with van der Waals surface area (Å²) >= 11 is 13.6. The van der Waals surface area contributed by atoms with E-state index in [-0.39, 0.29) is 5.38 Å². The molecule has 1 heterocycles. The SMILES string of the molecule is ClC(Cc1ccc(Br)cc1)c1cc2c(cc1Br)OCCO2. The second-order valence-electron chi connectivity index (χ2n) is 4.82. The van der Waals surface area contributed by atoms with Gasteiger partial charge in [-0.2, -0.15) is 0 Å². The number of rotatable bonds is 3. The Morgan fingerprint density at radius 2 is 1.62 bits per heavy atom. The Labute approximate surface area is 145 Å². The van der Waals surface area contributed by atoms with Crippen molar-refractivity contribution < 1.29 is 9.47 Å². The highest BCUT2D eigenvalue weighted by atomic mass is 79.9. The van der Waals surface area contributed by atoms with Gasteiger partial charge in [0.05, 0.1) is 5.38 Å². The molecule has 2 aromatic carbocycles. The van der Waals surface area contributed by atoms with Crippen LogP contribution in [-0.2, 0) is 6.42 Å². The van der Waals surface area contributed by atoms with Crippen LogP contribution in [0.25, 0.3) is 0 Å². The topological polar surface area (TPSA) is 18.5 Å². The zero-order chi connectivity index (χ0) is 14.8. The van der Waals surface area contributed by atoms with Crippen LogP contribution in [0.1, 0.15) is 16.5 Å². The molecular weight excluding hydrogens is 419 g/mol. The first-order chi connectivity index (χ1) is 10.1. The first kappa shape index (κ1) is 15.2. The Balaban J connectivity index is 1.83. The van der Waals surface area contributed by atoms with Gasteiger partial charge in [-0.1, -0.05) is 44.0 Å². The predicted molar refractivity (Wildman–Crippen MR) is 91.6 cm³/mol. The summed E-state index contributed by atoms with van der Waals surface area (Å²) in [6.45, 7) is 1.16. The van der Waals surface area contributed by atoms with Crippen LogP contribution in [0.5, 0.6) is 11.5 Å². The van der Waals surface area contributed by atoms with Crippen LogP contribution in [0.4, 0.5) is 0 Å². The van der Waals surface area contributed by atoms with Crippen molar-refractivity contribution in [2.24, 2.45) is 0 Å². The Bertz CT molecular complexity index is 643. The molecule has 2 aromatic rings. The Kier molecular flexibility index (Phi) is 4.77. The van der Waals surface area contributed by atoms with Gasteiger partial charge < -0.3 is 9.47 Å². The Hall–Kier alpha value is -0.710. The largest absolute Gasteiger partial charge is 0.486 e. The molecule has 0 saturated heterocycles. The highest BCUT2D eigenvalue weighted by Crippen LogP contribution is 2.40. The summed E-state index contributed by atoms with van der Waals surface area (Å²) < 4.78 is 13.2. The van der Waals surface area contributed by atoms with E-state index in [4.69, 9.17) is 21.1 Å². The van der Waals surface area contributed by atoms with Crippen LogP contribution in [-0.4, -0.2) is 13.2 Å². The molecule has 1 aliphatic heterocycles. The maximum Gasteiger partial charge on any atom is 0.162 e. The van der Waals surface area contributed by atoms with Crippen molar-refractivity contribution in [2.75, 3.05) is 13.2 Å². The van der Waals surface area contributed by atoms with Crippen molar-refractivity contribution in [3.8, 4) is 11.5 Å². The molecule has 0 N–H and O–H groups in total. The van der Waals surface area contributed by atoms with Crippen LogP contribution in [0, 0.1) is 0 Å². The fraction of sp³-hybridized carbons (Fsp3) is 0.250. The van der Waals surface area contributed by atoms with Crippen molar-refractivity contribution in [1.82, 2.24) is 0 Å². The Morgan fingerprint density at radius 1 is 1.00 bits per heavy atom. The first-order valence-corrected chi connectivity index (χ1v) is 8.63. The van der Waals surface area contributed by atoms with Crippen molar-refractivity contribution in [2.45, 2.75) is 11.8 Å². The van der Waals surface area contributed by atoms with Gasteiger partial charge in [-0.25, -0.2) is 0 Å². The molecule has 1 aliphatic rings. The summed E-state index contributed by atoms with van der Waals surface area (Å²) in [6, 6.07) is 12.1. The van der Waals surface area contributed by atoms with Crippen LogP contribution in [0.15, 0.2) is 45.3 Å². The van der Waals surface area contributed by atoms with Gasteiger partial charge >= 0.3 is 0 Å². The summed E-state index contributed by atoms with van der Waals surface area (Å²) in [6.07, 6.45) is 0.757. The smallest absolute Gasteiger partial charge is 0.162 e. The second-order valence-corrected chi connectivity index (χ2v) is 7.11. The summed E-state index contributed by atoms with van der Waals surface area (Å²) in [5, 5.41) is -0.128. The lowest BCUT2D eigenvalue weighted by atomic mass is 10.0. The van der Waals surface area contributed by atoms with Crippen LogP contribution in [0.2, 0.25) is 0 Å². The third-order valence-corrected chi connectivity index (χ3v) is 4.93. The summed E-state index contributed by atoms with van der Waals surface area (Å²) in [4.78, 5) is 0. The van der Waals surface area contributed by atoms with Gasteiger partial charge in [-0.3, -0.25) is 0 Å². The summed E-state index contributed by atoms with van der Waals surface area (Å²) in [5.74, 6) is 1.53. The normalized spacial score (nSPS) is 14.8. The van der Waals surface area contributed by atoms with Crippen LogP contribution < -0.4 is 9.47 Å². The number of halogens is 3. The lowest BCUT2D eigenvalue weighted by Crippen LogP contribution is -2.15. The zero-order valence-corrected chi connectivity index (χ0v) is 15.0. The monoisotopic (exact) mass is 430 g/mol. The third-order valence-electron chi connectivity index (χ3n) is 3.33. The molecule has 1 unspecified atom stereocenters. The van der Waals surface area contributed by atoms with E-state index in [1.165, 1.54) is 5.56 Å². The van der Waals surface area contributed by atoms with Crippen molar-refractivity contribution in [3.05, 3.63) is 56.5 Å². The molecule has 2 nitrogen and oxygen atoms in total. The number of hydrogen-bond donors (Lipinski definition) is 0. The van der Waals surface area contributed by atoms with Gasteiger partial charge in [0.25, 0.3) is 0 Å². The molecule has 110 valence electrons. The fourth-order valence-electron chi connectivity index (χ4n) is 2.26. The quantitative estimate of drug-likeness (QED) is 0.596. The molecule has 0 fully saturated rings. The van der Waals surface area contributed by atoms with E-state index >= 15 is 0 Å². The van der Waals surface area contributed by atoms with Gasteiger partial charge in [0.2, 0.25) is 0 Å². The van der Waals surface area contributed by atoms with E-state index in [1.807, 2.05) is 24.3 Å². The molecule has 0 radical (unpaired) electrons. The zero-order valence-electron chi connectivity index (χ0n) is 11.1. The van der Waals surface area contributed by atoms with E-state index < -0.39 is 0 Å². The predicted octanol–water partition coefficient (Wildman–Crippen LogP) is 5.51. The van der Waals surface area contributed by atoms with Crippen LogP contribution in [0.3, 0.4) is 0 Å². The molecule has 0 bridgehead atoms. The fourth-order valence-corrected chi connectivity index (χ4v) is 3.61. The number of alkyl halides is 1. The molecule has 0 aliphatic carbocycles. The molecule has 3 rings (SSSR count). The molecule has 0 spiro atoms. The van der Waals surface area contributed by atoms with Crippen molar-refractivity contribution >= 4 is 43.5 Å². The van der Waals surface area contributed by atoms with E-state index in [1.54, 1.807) is 0 Å². The minimum Gasteiger partial charge on any atom is -0.486 e. The molecular formula is C16H13Br2ClO2. The van der Waals surface area contributed by atoms with Gasteiger partial charge in [0, 0.05) is 8.95 Å². The van der Waals surface area contributed by atoms with E-state index in [9.17, 15) is 0 Å². The average molecular weight is 433 g/mol. The molecule has 0 aromatic heterocycles. The first-order valence-electron chi connectivity index (χ1n) is 6.61. The second kappa shape index (κ2) is 6.59. The summed E-state index contributed by atoms with van der Waals surface area (Å²) in [7, 11) is 0. The van der Waals surface area contributed by atoms with Gasteiger partial charge in [0.1, 0.15) is 13.2 Å². The maximum absolute atomic E-state index is 6.59.